The van der Waals surface area contributed by atoms with E-state index in [1.165, 1.54) is 32.2 Å². The van der Waals surface area contributed by atoms with Gasteiger partial charge in [-0.2, -0.15) is 0 Å². The minimum atomic E-state index is 0.266. The molecule has 0 aliphatic carbocycles. The summed E-state index contributed by atoms with van der Waals surface area (Å²) in [6, 6.07) is 8.42. The van der Waals surface area contributed by atoms with Crippen LogP contribution in [0.1, 0.15) is 55.8 Å². The second kappa shape index (κ2) is 7.94. The lowest BCUT2D eigenvalue weighted by atomic mass is 9.99. The maximum atomic E-state index is 12.1. The van der Waals surface area contributed by atoms with Crippen LogP contribution in [0.4, 0.5) is 0 Å². The molecule has 1 fully saturated rings. The summed E-state index contributed by atoms with van der Waals surface area (Å²) < 4.78 is 1.02. The highest BCUT2D eigenvalue weighted by Gasteiger charge is 2.20. The Morgan fingerprint density at radius 2 is 2.05 bits per heavy atom. The topological polar surface area (TPSA) is 20.3 Å². The van der Waals surface area contributed by atoms with E-state index in [0.29, 0.717) is 6.42 Å². The minimum absolute atomic E-state index is 0.266. The van der Waals surface area contributed by atoms with E-state index >= 15 is 0 Å². The van der Waals surface area contributed by atoms with Crippen LogP contribution < -0.4 is 0 Å². The number of nitrogens with zero attached hydrogens (tertiary/aromatic N) is 1. The number of benzene rings is 1. The van der Waals surface area contributed by atoms with Gasteiger partial charge in [0.2, 0.25) is 0 Å². The number of carbonyl (C=O) groups is 1. The number of Topliss-reactive ketones (excluding diaryl/α,β-unsaturated/α-hetero) is 1. The van der Waals surface area contributed by atoms with Crippen LogP contribution in [0.3, 0.4) is 0 Å². The van der Waals surface area contributed by atoms with Crippen molar-refractivity contribution in [1.82, 2.24) is 4.90 Å². The summed E-state index contributed by atoms with van der Waals surface area (Å²) in [5.41, 5.74) is 0.832. The molecule has 1 unspecified atom stereocenters. The average molecular weight is 338 g/mol. The fourth-order valence-electron chi connectivity index (χ4n) is 3.04. The van der Waals surface area contributed by atoms with E-state index in [2.05, 4.69) is 27.8 Å². The standard InChI is InChI=1S/C17H24BrNO/c1-2-16-6-3-4-12-19(16)13-5-7-17(20)14-8-10-15(18)11-9-14/h8-11,16H,2-7,12-13H2,1H3. The zero-order valence-electron chi connectivity index (χ0n) is 12.3. The van der Waals surface area contributed by atoms with Crippen molar-refractivity contribution >= 4 is 21.7 Å². The Balaban J connectivity index is 1.77. The molecule has 1 aliphatic heterocycles. The highest BCUT2D eigenvalue weighted by molar-refractivity contribution is 9.10. The Morgan fingerprint density at radius 1 is 1.30 bits per heavy atom. The van der Waals surface area contributed by atoms with Crippen molar-refractivity contribution in [2.45, 2.75) is 51.5 Å². The fourth-order valence-corrected chi connectivity index (χ4v) is 3.30. The molecule has 0 saturated carbocycles. The number of hydrogen-bond acceptors (Lipinski definition) is 2. The van der Waals surface area contributed by atoms with E-state index in [1.54, 1.807) is 0 Å². The van der Waals surface area contributed by atoms with Gasteiger partial charge in [0.15, 0.2) is 5.78 Å². The second-order valence-corrected chi connectivity index (χ2v) is 6.54. The summed E-state index contributed by atoms with van der Waals surface area (Å²) in [6.07, 6.45) is 6.89. The number of ketones is 1. The van der Waals surface area contributed by atoms with Gasteiger partial charge in [-0.15, -0.1) is 0 Å². The molecule has 1 saturated heterocycles. The van der Waals surface area contributed by atoms with Crippen molar-refractivity contribution in [3.05, 3.63) is 34.3 Å². The third kappa shape index (κ3) is 4.42. The molecule has 0 amide bonds. The molecule has 1 aromatic carbocycles. The molecule has 0 bridgehead atoms. The van der Waals surface area contributed by atoms with Crippen molar-refractivity contribution < 1.29 is 4.79 Å². The molecule has 1 heterocycles. The average Bonchev–Trinajstić information content (AvgIpc) is 2.48. The van der Waals surface area contributed by atoms with Crippen molar-refractivity contribution in [1.29, 1.82) is 0 Å². The molecule has 1 atom stereocenters. The summed E-state index contributed by atoms with van der Waals surface area (Å²) in [5, 5.41) is 0. The maximum Gasteiger partial charge on any atom is 0.162 e. The van der Waals surface area contributed by atoms with Crippen LogP contribution in [0, 0.1) is 0 Å². The van der Waals surface area contributed by atoms with Crippen molar-refractivity contribution in [2.75, 3.05) is 13.1 Å². The summed E-state index contributed by atoms with van der Waals surface area (Å²) in [5.74, 6) is 0.266. The highest BCUT2D eigenvalue weighted by atomic mass is 79.9. The normalized spacial score (nSPS) is 20.0. The van der Waals surface area contributed by atoms with E-state index in [4.69, 9.17) is 0 Å². The van der Waals surface area contributed by atoms with E-state index in [9.17, 15) is 4.79 Å². The predicted octanol–water partition coefficient (Wildman–Crippen LogP) is 4.68. The molecular weight excluding hydrogens is 314 g/mol. The zero-order chi connectivity index (χ0) is 14.4. The van der Waals surface area contributed by atoms with Crippen LogP contribution in [0.5, 0.6) is 0 Å². The van der Waals surface area contributed by atoms with Gasteiger partial charge in [-0.1, -0.05) is 41.4 Å². The summed E-state index contributed by atoms with van der Waals surface area (Å²) in [6.45, 7) is 4.56. The number of carbonyl (C=O) groups excluding carboxylic acids is 1. The van der Waals surface area contributed by atoms with Crippen LogP contribution >= 0.6 is 15.9 Å². The zero-order valence-corrected chi connectivity index (χ0v) is 13.9. The van der Waals surface area contributed by atoms with Crippen molar-refractivity contribution in [3.63, 3.8) is 0 Å². The van der Waals surface area contributed by atoms with Gasteiger partial charge in [-0.25, -0.2) is 0 Å². The third-order valence-electron chi connectivity index (χ3n) is 4.24. The van der Waals surface area contributed by atoms with E-state index < -0.39 is 0 Å². The second-order valence-electron chi connectivity index (χ2n) is 5.63. The number of hydrogen-bond donors (Lipinski definition) is 0. The molecule has 1 aliphatic rings. The largest absolute Gasteiger partial charge is 0.300 e. The maximum absolute atomic E-state index is 12.1. The smallest absolute Gasteiger partial charge is 0.162 e. The Morgan fingerprint density at radius 3 is 2.75 bits per heavy atom. The van der Waals surface area contributed by atoms with Gasteiger partial charge in [-0.3, -0.25) is 4.79 Å². The minimum Gasteiger partial charge on any atom is -0.300 e. The lowest BCUT2D eigenvalue weighted by Crippen LogP contribution is -2.39. The van der Waals surface area contributed by atoms with Crippen LogP contribution in [0.2, 0.25) is 0 Å². The molecule has 2 rings (SSSR count). The Hall–Kier alpha value is -0.670. The van der Waals surface area contributed by atoms with Crippen LogP contribution in [0.15, 0.2) is 28.7 Å². The first-order chi connectivity index (χ1) is 9.70. The molecule has 1 aromatic rings. The molecule has 0 N–H and O–H groups in total. The third-order valence-corrected chi connectivity index (χ3v) is 4.76. The first-order valence-corrected chi connectivity index (χ1v) is 8.53. The van der Waals surface area contributed by atoms with Crippen LogP contribution in [-0.4, -0.2) is 29.8 Å². The van der Waals surface area contributed by atoms with Crippen molar-refractivity contribution in [2.24, 2.45) is 0 Å². The SMILES string of the molecule is CCC1CCCCN1CCCC(=O)c1ccc(Br)cc1. The predicted molar refractivity (Wildman–Crippen MR) is 87.2 cm³/mol. The molecule has 0 spiro atoms. The van der Waals surface area contributed by atoms with Crippen molar-refractivity contribution in [3.8, 4) is 0 Å². The quantitative estimate of drug-likeness (QED) is 0.702. The van der Waals surface area contributed by atoms with E-state index in [1.807, 2.05) is 24.3 Å². The summed E-state index contributed by atoms with van der Waals surface area (Å²) in [7, 11) is 0. The molecular formula is C17H24BrNO. The molecule has 3 heteroatoms. The molecule has 0 aromatic heterocycles. The number of likely N-dealkylation sites (tertiary alicyclic amines) is 1. The first kappa shape index (κ1) is 15.7. The summed E-state index contributed by atoms with van der Waals surface area (Å²) in [4.78, 5) is 14.7. The van der Waals surface area contributed by atoms with Gasteiger partial charge < -0.3 is 4.90 Å². The Kier molecular flexibility index (Phi) is 6.24. The molecule has 20 heavy (non-hydrogen) atoms. The summed E-state index contributed by atoms with van der Waals surface area (Å²) >= 11 is 3.40. The fraction of sp³-hybridized carbons (Fsp3) is 0.588. The molecule has 2 nitrogen and oxygen atoms in total. The Bertz CT molecular complexity index is 429. The van der Waals surface area contributed by atoms with Crippen LogP contribution in [-0.2, 0) is 0 Å². The van der Waals surface area contributed by atoms with Gasteiger partial charge in [0.05, 0.1) is 0 Å². The lowest BCUT2D eigenvalue weighted by molar-refractivity contribution is 0.0959. The van der Waals surface area contributed by atoms with E-state index in [0.717, 1.165) is 29.0 Å². The molecule has 0 radical (unpaired) electrons. The van der Waals surface area contributed by atoms with E-state index in [-0.39, 0.29) is 5.78 Å². The van der Waals surface area contributed by atoms with Gasteiger partial charge in [0.25, 0.3) is 0 Å². The lowest BCUT2D eigenvalue weighted by Gasteiger charge is -2.35. The number of halogens is 1. The number of rotatable bonds is 6. The first-order valence-electron chi connectivity index (χ1n) is 7.73. The highest BCUT2D eigenvalue weighted by Crippen LogP contribution is 2.20. The molecule has 110 valence electrons. The number of piperidine rings is 1. The van der Waals surface area contributed by atoms with Crippen LogP contribution in [0.25, 0.3) is 0 Å². The van der Waals surface area contributed by atoms with Gasteiger partial charge in [0, 0.05) is 22.5 Å². The van der Waals surface area contributed by atoms with Gasteiger partial charge >= 0.3 is 0 Å². The van der Waals surface area contributed by atoms with Gasteiger partial charge in [-0.05, 0) is 50.9 Å². The monoisotopic (exact) mass is 337 g/mol. The van der Waals surface area contributed by atoms with Gasteiger partial charge in [0.1, 0.15) is 0 Å². The Labute approximate surface area is 130 Å².